The summed E-state index contributed by atoms with van der Waals surface area (Å²) in [5.74, 6) is 0.581. The molecule has 2 aromatic carbocycles. The Bertz CT molecular complexity index is 1000. The van der Waals surface area contributed by atoms with Gasteiger partial charge in [-0.15, -0.1) is 0 Å². The van der Waals surface area contributed by atoms with Crippen LogP contribution in [0.25, 0.3) is 0 Å². The van der Waals surface area contributed by atoms with Gasteiger partial charge in [0.05, 0.1) is 18.2 Å². The molecule has 1 saturated heterocycles. The number of ether oxygens (including phenoxy) is 1. The topological polar surface area (TPSA) is 56.2 Å². The van der Waals surface area contributed by atoms with E-state index >= 15 is 0 Å². The van der Waals surface area contributed by atoms with Crippen molar-refractivity contribution in [2.45, 2.75) is 44.9 Å². The number of β-amino-alcohol motifs (C(OH)–C–C–N with tert-alkyl or cyclic N) is 1. The number of hydrogen-bond acceptors (Lipinski definition) is 5. The number of aliphatic hydroxyl groups excluding tert-OH is 1. The predicted molar refractivity (Wildman–Crippen MR) is 125 cm³/mol. The molecule has 0 aliphatic carbocycles. The number of amides is 1. The van der Waals surface area contributed by atoms with E-state index in [4.69, 9.17) is 4.74 Å². The first-order valence-electron chi connectivity index (χ1n) is 11.7. The van der Waals surface area contributed by atoms with E-state index in [-0.39, 0.29) is 5.91 Å². The van der Waals surface area contributed by atoms with Gasteiger partial charge in [0.25, 0.3) is 5.91 Å². The molecule has 6 heteroatoms. The third kappa shape index (κ3) is 4.34. The molecule has 32 heavy (non-hydrogen) atoms. The molecule has 0 radical (unpaired) electrons. The standard InChI is InChI=1S/C26H33N3O3/c1-26(2)18-29(17-22(30)16-27-13-10-19-6-3-4-7-20(19)15-27)25(31)23-9-8-21(14-24(23)32-26)28-11-5-12-28/h3-4,6-9,14,22,30H,5,10-13,15-18H2,1-2H3/t22-/m1/s1. The molecule has 6 nitrogen and oxygen atoms in total. The molecule has 1 atom stereocenters. The number of carbonyl (C=O) groups is 1. The third-order valence-corrected chi connectivity index (χ3v) is 6.77. The zero-order chi connectivity index (χ0) is 22.3. The van der Waals surface area contributed by atoms with E-state index in [1.165, 1.54) is 17.5 Å². The van der Waals surface area contributed by atoms with E-state index in [0.717, 1.165) is 38.3 Å². The summed E-state index contributed by atoms with van der Waals surface area (Å²) in [6, 6.07) is 14.4. The van der Waals surface area contributed by atoms with Crippen molar-refractivity contribution in [1.82, 2.24) is 9.80 Å². The summed E-state index contributed by atoms with van der Waals surface area (Å²) in [5.41, 5.74) is 3.89. The summed E-state index contributed by atoms with van der Waals surface area (Å²) in [6.45, 7) is 9.19. The lowest BCUT2D eigenvalue weighted by Crippen LogP contribution is -2.48. The lowest BCUT2D eigenvalue weighted by molar-refractivity contribution is 0.0287. The highest BCUT2D eigenvalue weighted by Gasteiger charge is 2.35. The largest absolute Gasteiger partial charge is 0.485 e. The summed E-state index contributed by atoms with van der Waals surface area (Å²) in [7, 11) is 0. The monoisotopic (exact) mass is 435 g/mol. The molecule has 0 unspecified atom stereocenters. The van der Waals surface area contributed by atoms with Gasteiger partial charge >= 0.3 is 0 Å². The normalized spacial score (nSPS) is 21.2. The zero-order valence-corrected chi connectivity index (χ0v) is 19.1. The third-order valence-electron chi connectivity index (χ3n) is 6.77. The number of benzene rings is 2. The summed E-state index contributed by atoms with van der Waals surface area (Å²) in [4.78, 5) is 19.7. The van der Waals surface area contributed by atoms with Crippen molar-refractivity contribution in [3.63, 3.8) is 0 Å². The fourth-order valence-electron chi connectivity index (χ4n) is 5.04. The van der Waals surface area contributed by atoms with Crippen molar-refractivity contribution in [3.05, 3.63) is 59.2 Å². The van der Waals surface area contributed by atoms with E-state index in [2.05, 4.69) is 34.1 Å². The van der Waals surface area contributed by atoms with Crippen molar-refractivity contribution in [1.29, 1.82) is 0 Å². The first-order valence-corrected chi connectivity index (χ1v) is 11.7. The number of fused-ring (bicyclic) bond motifs is 2. The summed E-state index contributed by atoms with van der Waals surface area (Å²) in [5, 5.41) is 10.9. The maximum atomic E-state index is 13.4. The Morgan fingerprint density at radius 2 is 1.84 bits per heavy atom. The minimum atomic E-state index is -0.609. The van der Waals surface area contributed by atoms with Gasteiger partial charge in [0.2, 0.25) is 0 Å². The molecule has 3 aliphatic rings. The van der Waals surface area contributed by atoms with E-state index < -0.39 is 11.7 Å². The van der Waals surface area contributed by atoms with Gasteiger partial charge in [-0.05, 0) is 49.9 Å². The van der Waals surface area contributed by atoms with Crippen molar-refractivity contribution in [3.8, 4) is 5.75 Å². The lowest BCUT2D eigenvalue weighted by Gasteiger charge is -2.34. The van der Waals surface area contributed by atoms with Crippen LogP contribution in [0.1, 0.15) is 41.8 Å². The summed E-state index contributed by atoms with van der Waals surface area (Å²) < 4.78 is 6.29. The van der Waals surface area contributed by atoms with Gasteiger partial charge in [-0.25, -0.2) is 0 Å². The Morgan fingerprint density at radius 1 is 1.06 bits per heavy atom. The second-order valence-electron chi connectivity index (χ2n) is 9.98. The second-order valence-corrected chi connectivity index (χ2v) is 9.98. The Labute approximate surface area is 190 Å². The number of rotatable bonds is 5. The van der Waals surface area contributed by atoms with Crippen LogP contribution < -0.4 is 9.64 Å². The Hall–Kier alpha value is -2.57. The van der Waals surface area contributed by atoms with E-state index in [9.17, 15) is 9.90 Å². The predicted octanol–water partition coefficient (Wildman–Crippen LogP) is 2.93. The van der Waals surface area contributed by atoms with Crippen LogP contribution >= 0.6 is 0 Å². The van der Waals surface area contributed by atoms with Crippen molar-refractivity contribution >= 4 is 11.6 Å². The van der Waals surface area contributed by atoms with E-state index in [0.29, 0.717) is 30.9 Å². The highest BCUT2D eigenvalue weighted by molar-refractivity contribution is 5.98. The van der Waals surface area contributed by atoms with E-state index in [1.807, 2.05) is 32.0 Å². The molecule has 0 aromatic heterocycles. The molecule has 0 bridgehead atoms. The Morgan fingerprint density at radius 3 is 2.59 bits per heavy atom. The molecule has 0 saturated carbocycles. The number of hydrogen-bond donors (Lipinski definition) is 1. The number of anilines is 1. The van der Waals surface area contributed by atoms with Gasteiger partial charge in [-0.3, -0.25) is 9.69 Å². The van der Waals surface area contributed by atoms with Crippen LogP contribution in [0.3, 0.4) is 0 Å². The van der Waals surface area contributed by atoms with Crippen molar-refractivity contribution < 1.29 is 14.6 Å². The van der Waals surface area contributed by atoms with Gasteiger partial charge in [-0.2, -0.15) is 0 Å². The zero-order valence-electron chi connectivity index (χ0n) is 19.1. The first kappa shape index (κ1) is 21.3. The molecule has 3 heterocycles. The fourth-order valence-corrected chi connectivity index (χ4v) is 5.04. The highest BCUT2D eigenvalue weighted by atomic mass is 16.5. The van der Waals surface area contributed by atoms with Gasteiger partial charge in [0, 0.05) is 51.0 Å². The number of nitrogens with zero attached hydrogens (tertiary/aromatic N) is 3. The maximum Gasteiger partial charge on any atom is 0.257 e. The molecule has 2 aromatic rings. The van der Waals surface area contributed by atoms with Crippen LogP contribution in [0, 0.1) is 0 Å². The molecule has 1 amide bonds. The fraction of sp³-hybridized carbons (Fsp3) is 0.500. The van der Waals surface area contributed by atoms with Gasteiger partial charge in [-0.1, -0.05) is 24.3 Å². The van der Waals surface area contributed by atoms with Crippen LogP contribution in [-0.2, 0) is 13.0 Å². The minimum absolute atomic E-state index is 0.0659. The van der Waals surface area contributed by atoms with Crippen LogP contribution in [0.2, 0.25) is 0 Å². The summed E-state index contributed by atoms with van der Waals surface area (Å²) in [6.07, 6.45) is 1.59. The van der Waals surface area contributed by atoms with Crippen LogP contribution in [0.5, 0.6) is 5.75 Å². The smallest absolute Gasteiger partial charge is 0.257 e. The highest BCUT2D eigenvalue weighted by Crippen LogP contribution is 2.34. The molecule has 170 valence electrons. The Balaban J connectivity index is 1.28. The van der Waals surface area contributed by atoms with Crippen LogP contribution in [0.4, 0.5) is 5.69 Å². The van der Waals surface area contributed by atoms with Crippen LogP contribution in [-0.4, -0.2) is 71.8 Å². The van der Waals surface area contributed by atoms with Crippen molar-refractivity contribution in [2.75, 3.05) is 44.2 Å². The Kier molecular flexibility index (Phi) is 5.59. The second kappa shape index (κ2) is 8.41. The molecule has 1 N–H and O–H groups in total. The SMILES string of the molecule is CC1(C)CN(C[C@H](O)CN2CCc3ccccc3C2)C(=O)c2ccc(N3CCC3)cc2O1. The first-order chi connectivity index (χ1) is 15.4. The lowest BCUT2D eigenvalue weighted by atomic mass is 9.99. The average Bonchev–Trinajstić information content (AvgIpc) is 2.80. The van der Waals surface area contributed by atoms with Gasteiger partial charge in [0.1, 0.15) is 11.4 Å². The maximum absolute atomic E-state index is 13.4. The van der Waals surface area contributed by atoms with Crippen LogP contribution in [0.15, 0.2) is 42.5 Å². The molecule has 0 spiro atoms. The van der Waals surface area contributed by atoms with E-state index in [1.54, 1.807) is 4.90 Å². The molecular weight excluding hydrogens is 402 g/mol. The number of aliphatic hydroxyl groups is 1. The number of carbonyl (C=O) groups excluding carboxylic acids is 1. The average molecular weight is 436 g/mol. The molecular formula is C26H33N3O3. The minimum Gasteiger partial charge on any atom is -0.485 e. The summed E-state index contributed by atoms with van der Waals surface area (Å²) >= 11 is 0. The molecule has 5 rings (SSSR count). The molecule has 1 fully saturated rings. The quantitative estimate of drug-likeness (QED) is 0.783. The van der Waals surface area contributed by atoms with Crippen molar-refractivity contribution in [2.24, 2.45) is 0 Å². The molecule has 3 aliphatic heterocycles. The van der Waals surface area contributed by atoms with Gasteiger partial charge in [0.15, 0.2) is 0 Å². The van der Waals surface area contributed by atoms with Gasteiger partial charge < -0.3 is 19.6 Å².